The zero-order chi connectivity index (χ0) is 22.8. The van der Waals surface area contributed by atoms with Crippen LogP contribution in [0.15, 0.2) is 72.8 Å². The van der Waals surface area contributed by atoms with E-state index in [4.69, 9.17) is 16.3 Å². The molecule has 1 aliphatic rings. The number of thiophene rings is 1. The Bertz CT molecular complexity index is 1270. The fraction of sp³-hybridized carbons (Fsp3) is 0.222. The molecule has 1 aromatic heterocycles. The van der Waals surface area contributed by atoms with Gasteiger partial charge < -0.3 is 10.1 Å². The molecule has 3 nitrogen and oxygen atoms in total. The van der Waals surface area contributed by atoms with E-state index in [1.165, 1.54) is 22.4 Å². The van der Waals surface area contributed by atoms with Crippen molar-refractivity contribution in [1.82, 2.24) is 5.32 Å². The Morgan fingerprint density at radius 3 is 2.76 bits per heavy atom. The third-order valence-electron chi connectivity index (χ3n) is 6.03. The number of amides is 1. The molecule has 0 aliphatic carbocycles. The standard InChI is InChI=1S/C27H23ClFNO2S/c28-20-11-17(12-21(29)15-20)13-22-14-19-7-4-8-23(26(19)33-22)24-16-32-10-9-25(24)30-27(31)18-5-2-1-3-6-18/h1-8,11-12,14-15,24-25H,9-10,13,16H2,(H,30,31). The lowest BCUT2D eigenvalue weighted by molar-refractivity contribution is 0.0560. The number of fused-ring (bicyclic) bond motifs is 1. The molecule has 33 heavy (non-hydrogen) atoms. The molecule has 4 aromatic rings. The van der Waals surface area contributed by atoms with Crippen LogP contribution in [0.5, 0.6) is 0 Å². The van der Waals surface area contributed by atoms with E-state index in [0.29, 0.717) is 30.2 Å². The zero-order valence-electron chi connectivity index (χ0n) is 17.9. The number of carbonyl (C=O) groups is 1. The van der Waals surface area contributed by atoms with Gasteiger partial charge in [0.1, 0.15) is 5.82 Å². The van der Waals surface area contributed by atoms with Gasteiger partial charge in [-0.15, -0.1) is 11.3 Å². The number of carbonyl (C=O) groups excluding carboxylic acids is 1. The van der Waals surface area contributed by atoms with Crippen LogP contribution in [-0.2, 0) is 11.2 Å². The summed E-state index contributed by atoms with van der Waals surface area (Å²) in [6.45, 7) is 1.19. The van der Waals surface area contributed by atoms with Crippen molar-refractivity contribution in [1.29, 1.82) is 0 Å². The molecule has 1 amide bonds. The molecule has 2 atom stereocenters. The van der Waals surface area contributed by atoms with E-state index in [1.54, 1.807) is 17.4 Å². The van der Waals surface area contributed by atoms with Crippen molar-refractivity contribution < 1.29 is 13.9 Å². The summed E-state index contributed by atoms with van der Waals surface area (Å²) >= 11 is 7.75. The van der Waals surface area contributed by atoms with Gasteiger partial charge >= 0.3 is 0 Å². The Kier molecular flexibility index (Phi) is 6.45. The molecule has 0 saturated carbocycles. The molecule has 1 saturated heterocycles. The molecule has 0 radical (unpaired) electrons. The van der Waals surface area contributed by atoms with Crippen molar-refractivity contribution in [3.8, 4) is 0 Å². The summed E-state index contributed by atoms with van der Waals surface area (Å²) in [5.41, 5.74) is 2.69. The second kappa shape index (κ2) is 9.64. The van der Waals surface area contributed by atoms with Crippen molar-refractivity contribution in [2.24, 2.45) is 0 Å². The topological polar surface area (TPSA) is 38.3 Å². The van der Waals surface area contributed by atoms with Gasteiger partial charge in [-0.25, -0.2) is 4.39 Å². The van der Waals surface area contributed by atoms with Gasteiger partial charge in [0.2, 0.25) is 0 Å². The predicted octanol–water partition coefficient (Wildman–Crippen LogP) is 6.59. The van der Waals surface area contributed by atoms with Crippen LogP contribution in [0.4, 0.5) is 4.39 Å². The Labute approximate surface area is 201 Å². The number of halogens is 2. The van der Waals surface area contributed by atoms with Gasteiger partial charge in [0.05, 0.1) is 6.61 Å². The van der Waals surface area contributed by atoms with Crippen LogP contribution in [0.3, 0.4) is 0 Å². The first-order valence-electron chi connectivity index (χ1n) is 11.0. The Balaban J connectivity index is 1.43. The number of hydrogen-bond donors (Lipinski definition) is 1. The molecule has 0 bridgehead atoms. The van der Waals surface area contributed by atoms with Crippen molar-refractivity contribution in [2.45, 2.75) is 24.8 Å². The molecule has 1 aliphatic heterocycles. The van der Waals surface area contributed by atoms with E-state index in [1.807, 2.05) is 30.3 Å². The Hall–Kier alpha value is -2.73. The molecular formula is C27H23ClFNO2S. The van der Waals surface area contributed by atoms with Gasteiger partial charge in [0.25, 0.3) is 5.91 Å². The fourth-order valence-corrected chi connectivity index (χ4v) is 6.00. The third-order valence-corrected chi connectivity index (χ3v) is 7.45. The second-order valence-corrected chi connectivity index (χ2v) is 9.92. The molecule has 3 aromatic carbocycles. The summed E-state index contributed by atoms with van der Waals surface area (Å²) in [6.07, 6.45) is 1.38. The van der Waals surface area contributed by atoms with Crippen LogP contribution >= 0.6 is 22.9 Å². The van der Waals surface area contributed by atoms with Crippen LogP contribution < -0.4 is 5.32 Å². The highest BCUT2D eigenvalue weighted by molar-refractivity contribution is 7.19. The molecule has 1 N–H and O–H groups in total. The number of rotatable bonds is 5. The highest BCUT2D eigenvalue weighted by Gasteiger charge is 2.30. The van der Waals surface area contributed by atoms with Crippen molar-refractivity contribution in [2.75, 3.05) is 13.2 Å². The lowest BCUT2D eigenvalue weighted by Crippen LogP contribution is -2.44. The molecule has 168 valence electrons. The van der Waals surface area contributed by atoms with Crippen LogP contribution in [0, 0.1) is 5.82 Å². The monoisotopic (exact) mass is 479 g/mol. The van der Waals surface area contributed by atoms with Gasteiger partial charge in [-0.2, -0.15) is 0 Å². The van der Waals surface area contributed by atoms with Gasteiger partial charge in [0.15, 0.2) is 0 Å². The molecular weight excluding hydrogens is 457 g/mol. The Morgan fingerprint density at radius 1 is 1.09 bits per heavy atom. The van der Waals surface area contributed by atoms with Gasteiger partial charge in [0, 0.05) is 45.2 Å². The smallest absolute Gasteiger partial charge is 0.251 e. The normalized spacial score (nSPS) is 18.4. The van der Waals surface area contributed by atoms with Crippen LogP contribution in [0.25, 0.3) is 10.1 Å². The lowest BCUT2D eigenvalue weighted by atomic mass is 9.88. The van der Waals surface area contributed by atoms with Crippen molar-refractivity contribution in [3.63, 3.8) is 0 Å². The summed E-state index contributed by atoms with van der Waals surface area (Å²) in [5, 5.41) is 4.79. The summed E-state index contributed by atoms with van der Waals surface area (Å²) < 4.78 is 20.8. The van der Waals surface area contributed by atoms with Gasteiger partial charge in [-0.05, 0) is 59.3 Å². The minimum atomic E-state index is -0.323. The lowest BCUT2D eigenvalue weighted by Gasteiger charge is -2.33. The third kappa shape index (κ3) is 4.96. The maximum atomic E-state index is 13.8. The minimum Gasteiger partial charge on any atom is -0.381 e. The van der Waals surface area contributed by atoms with Crippen LogP contribution in [0.2, 0.25) is 5.02 Å². The van der Waals surface area contributed by atoms with Gasteiger partial charge in [-0.3, -0.25) is 4.79 Å². The van der Waals surface area contributed by atoms with E-state index < -0.39 is 0 Å². The molecule has 0 spiro atoms. The zero-order valence-corrected chi connectivity index (χ0v) is 19.5. The van der Waals surface area contributed by atoms with E-state index in [-0.39, 0.29) is 23.7 Å². The predicted molar refractivity (Wildman–Crippen MR) is 132 cm³/mol. The first kappa shape index (κ1) is 22.1. The molecule has 2 unspecified atom stereocenters. The molecule has 1 fully saturated rings. The first-order valence-corrected chi connectivity index (χ1v) is 12.2. The fourth-order valence-electron chi connectivity index (χ4n) is 4.49. The number of nitrogens with one attached hydrogen (secondary N) is 1. The highest BCUT2D eigenvalue weighted by Crippen LogP contribution is 2.37. The first-order chi connectivity index (χ1) is 16.1. The molecule has 2 heterocycles. The van der Waals surface area contributed by atoms with E-state index >= 15 is 0 Å². The summed E-state index contributed by atoms with van der Waals surface area (Å²) in [4.78, 5) is 14.0. The number of ether oxygens (including phenoxy) is 1. The summed E-state index contributed by atoms with van der Waals surface area (Å²) in [7, 11) is 0. The number of benzene rings is 3. The van der Waals surface area contributed by atoms with Crippen LogP contribution in [0.1, 0.15) is 38.7 Å². The summed E-state index contributed by atoms with van der Waals surface area (Å²) in [6, 6.07) is 22.4. The largest absolute Gasteiger partial charge is 0.381 e. The minimum absolute atomic E-state index is 0.00960. The van der Waals surface area contributed by atoms with Gasteiger partial charge in [-0.1, -0.05) is 48.0 Å². The second-order valence-electron chi connectivity index (χ2n) is 8.35. The maximum absolute atomic E-state index is 13.8. The van der Waals surface area contributed by atoms with E-state index in [0.717, 1.165) is 22.2 Å². The highest BCUT2D eigenvalue weighted by atomic mass is 35.5. The molecule has 5 rings (SSSR count). The van der Waals surface area contributed by atoms with Crippen molar-refractivity contribution in [3.05, 3.63) is 105 Å². The maximum Gasteiger partial charge on any atom is 0.251 e. The van der Waals surface area contributed by atoms with Crippen molar-refractivity contribution >= 4 is 38.9 Å². The average Bonchev–Trinajstić information content (AvgIpc) is 3.22. The number of hydrogen-bond acceptors (Lipinski definition) is 3. The SMILES string of the molecule is O=C(NC1CCOCC1c1cccc2cc(Cc3cc(F)cc(Cl)c3)sc12)c1ccccc1. The Morgan fingerprint density at radius 2 is 1.94 bits per heavy atom. The van der Waals surface area contributed by atoms with E-state index in [2.05, 4.69) is 29.6 Å². The average molecular weight is 480 g/mol. The van der Waals surface area contributed by atoms with Crippen LogP contribution in [-0.4, -0.2) is 25.2 Å². The quantitative estimate of drug-likeness (QED) is 0.351. The van der Waals surface area contributed by atoms with E-state index in [9.17, 15) is 9.18 Å². The molecule has 6 heteroatoms. The summed E-state index contributed by atoms with van der Waals surface area (Å²) in [5.74, 6) is -0.324.